The molecule has 30 heavy (non-hydrogen) atoms. The highest BCUT2D eigenvalue weighted by Crippen LogP contribution is 2.30. The number of likely N-dealkylation sites (N-methyl/N-ethyl adjacent to an activating group) is 1. The van der Waals surface area contributed by atoms with Crippen molar-refractivity contribution in [1.82, 2.24) is 10.2 Å². The zero-order valence-corrected chi connectivity index (χ0v) is 17.9. The van der Waals surface area contributed by atoms with Crippen LogP contribution in [0.15, 0.2) is 30.3 Å². The second kappa shape index (κ2) is 10.1. The van der Waals surface area contributed by atoms with Gasteiger partial charge in [-0.25, -0.2) is 9.18 Å². The number of benzene rings is 1. The lowest BCUT2D eigenvalue weighted by atomic mass is 9.90. The minimum Gasteiger partial charge on any atom is -0.399 e. The fourth-order valence-electron chi connectivity index (χ4n) is 3.21. The number of halogens is 2. The van der Waals surface area contributed by atoms with Crippen LogP contribution < -0.4 is 15.4 Å². The van der Waals surface area contributed by atoms with Crippen molar-refractivity contribution in [3.8, 4) is 5.06 Å². The van der Waals surface area contributed by atoms with Gasteiger partial charge in [-0.3, -0.25) is 4.79 Å². The number of likely N-dealkylation sites (tertiary alicyclic amines) is 1. The third kappa shape index (κ3) is 5.84. The molecule has 1 aromatic heterocycles. The van der Waals surface area contributed by atoms with Crippen LogP contribution in [0.1, 0.15) is 24.3 Å². The Hall–Kier alpha value is -2.36. The van der Waals surface area contributed by atoms with Crippen molar-refractivity contribution in [2.75, 3.05) is 32.0 Å². The Bertz CT molecular complexity index is 910. The number of carbonyl (C=O) groups is 2. The number of hydrogen-bond donors (Lipinski definition) is 3. The normalized spacial score (nSPS) is 17.5. The van der Waals surface area contributed by atoms with E-state index in [1.165, 1.54) is 6.07 Å². The van der Waals surface area contributed by atoms with Gasteiger partial charge in [-0.05, 0) is 42.7 Å². The Kier molecular flexibility index (Phi) is 7.52. The van der Waals surface area contributed by atoms with E-state index in [1.54, 1.807) is 36.2 Å². The van der Waals surface area contributed by atoms with E-state index >= 15 is 0 Å². The molecule has 2 heterocycles. The summed E-state index contributed by atoms with van der Waals surface area (Å²) in [6.45, 7) is 0.665. The predicted octanol–water partition coefficient (Wildman–Crippen LogP) is 3.44. The smallest absolute Gasteiger partial charge is 0.399 e. The van der Waals surface area contributed by atoms with Crippen molar-refractivity contribution in [1.29, 1.82) is 0 Å². The van der Waals surface area contributed by atoms with Gasteiger partial charge in [0.1, 0.15) is 5.82 Å². The van der Waals surface area contributed by atoms with Crippen molar-refractivity contribution >= 4 is 40.6 Å². The van der Waals surface area contributed by atoms with E-state index in [9.17, 15) is 19.1 Å². The van der Waals surface area contributed by atoms with Gasteiger partial charge in [0.25, 0.3) is 0 Å². The van der Waals surface area contributed by atoms with Crippen molar-refractivity contribution in [3.05, 3.63) is 46.0 Å². The van der Waals surface area contributed by atoms with E-state index in [0.29, 0.717) is 21.4 Å². The Morgan fingerprint density at radius 2 is 2.20 bits per heavy atom. The lowest BCUT2D eigenvalue weighted by Gasteiger charge is -2.29. The van der Waals surface area contributed by atoms with Crippen molar-refractivity contribution in [2.45, 2.75) is 24.9 Å². The standard InChI is InChI=1S/C20H23ClFN3O4S/c1-25-8-2-3-14(19(25)27)12-4-5-16(15(22)9-12)23-10-13(26)11-24-20(28)29-18-7-6-17(21)30-18/h4-7,9,13-14,23,26H,2-3,8,10-11H2,1H3,(H,24,28)/t13-,14?/m1/s1. The van der Waals surface area contributed by atoms with Crippen molar-refractivity contribution in [2.24, 2.45) is 0 Å². The summed E-state index contributed by atoms with van der Waals surface area (Å²) < 4.78 is 20.0. The van der Waals surface area contributed by atoms with Gasteiger partial charge in [-0.1, -0.05) is 29.0 Å². The summed E-state index contributed by atoms with van der Waals surface area (Å²) in [5.74, 6) is -0.825. The quantitative estimate of drug-likeness (QED) is 0.595. The summed E-state index contributed by atoms with van der Waals surface area (Å²) in [6, 6.07) is 7.81. The number of aliphatic hydroxyl groups is 1. The number of carbonyl (C=O) groups excluding carboxylic acids is 2. The third-order valence-corrected chi connectivity index (χ3v) is 5.92. The Balaban J connectivity index is 1.46. The van der Waals surface area contributed by atoms with Gasteiger partial charge in [0.15, 0.2) is 5.06 Å². The zero-order chi connectivity index (χ0) is 21.7. The summed E-state index contributed by atoms with van der Waals surface area (Å²) in [4.78, 5) is 25.7. The van der Waals surface area contributed by atoms with Gasteiger partial charge in [-0.15, -0.1) is 0 Å². The van der Waals surface area contributed by atoms with E-state index in [-0.39, 0.29) is 30.6 Å². The summed E-state index contributed by atoms with van der Waals surface area (Å²) in [6.07, 6.45) is -0.0919. The van der Waals surface area contributed by atoms with Crippen LogP contribution in [-0.2, 0) is 4.79 Å². The first-order valence-corrected chi connectivity index (χ1v) is 10.7. The summed E-state index contributed by atoms with van der Waals surface area (Å²) in [7, 11) is 1.75. The molecule has 1 saturated heterocycles. The number of piperidine rings is 1. The number of thiophene rings is 1. The number of rotatable bonds is 7. The molecule has 1 aliphatic rings. The van der Waals surface area contributed by atoms with Gasteiger partial charge in [-0.2, -0.15) is 0 Å². The molecule has 0 radical (unpaired) electrons. The second-order valence-corrected chi connectivity index (χ2v) is 8.74. The van der Waals surface area contributed by atoms with Crippen LogP contribution in [0.3, 0.4) is 0 Å². The molecule has 2 aromatic rings. The molecule has 10 heteroatoms. The summed E-state index contributed by atoms with van der Waals surface area (Å²) in [5.41, 5.74) is 0.860. The molecule has 2 amide bonds. The first-order valence-electron chi connectivity index (χ1n) is 9.51. The Morgan fingerprint density at radius 1 is 1.40 bits per heavy atom. The van der Waals surface area contributed by atoms with Gasteiger partial charge < -0.3 is 25.4 Å². The Labute approximate surface area is 182 Å². The summed E-state index contributed by atoms with van der Waals surface area (Å²) in [5, 5.41) is 15.6. The minimum atomic E-state index is -0.961. The van der Waals surface area contributed by atoms with Gasteiger partial charge in [0.2, 0.25) is 5.91 Å². The number of hydrogen-bond acceptors (Lipinski definition) is 6. The molecule has 0 bridgehead atoms. The molecule has 7 nitrogen and oxygen atoms in total. The molecule has 1 unspecified atom stereocenters. The molecule has 1 aliphatic heterocycles. The second-order valence-electron chi connectivity index (χ2n) is 7.06. The highest BCUT2D eigenvalue weighted by Gasteiger charge is 2.28. The molecular formula is C20H23ClFN3O4S. The zero-order valence-electron chi connectivity index (χ0n) is 16.4. The lowest BCUT2D eigenvalue weighted by Crippen LogP contribution is -2.37. The maximum Gasteiger partial charge on any atom is 0.413 e. The molecule has 3 rings (SSSR count). The third-order valence-electron chi connectivity index (χ3n) is 4.81. The summed E-state index contributed by atoms with van der Waals surface area (Å²) >= 11 is 6.87. The average Bonchev–Trinajstić information content (AvgIpc) is 3.12. The minimum absolute atomic E-state index is 0.000406. The van der Waals surface area contributed by atoms with Crippen LogP contribution in [0.2, 0.25) is 4.34 Å². The fourth-order valence-corrected chi connectivity index (χ4v) is 4.09. The van der Waals surface area contributed by atoms with E-state index in [4.69, 9.17) is 16.3 Å². The number of nitrogens with one attached hydrogen (secondary N) is 2. The van der Waals surface area contributed by atoms with Crippen LogP contribution >= 0.6 is 22.9 Å². The van der Waals surface area contributed by atoms with Crippen molar-refractivity contribution < 1.29 is 23.8 Å². The largest absolute Gasteiger partial charge is 0.413 e. The van der Waals surface area contributed by atoms with Crippen LogP contribution in [0.4, 0.5) is 14.9 Å². The number of aliphatic hydroxyl groups excluding tert-OH is 1. The van der Waals surface area contributed by atoms with E-state index in [0.717, 1.165) is 24.3 Å². The number of anilines is 1. The van der Waals surface area contributed by atoms with E-state index in [1.807, 2.05) is 0 Å². The lowest BCUT2D eigenvalue weighted by molar-refractivity contribution is -0.133. The van der Waals surface area contributed by atoms with Crippen LogP contribution in [0.5, 0.6) is 5.06 Å². The number of ether oxygens (including phenoxy) is 1. The maximum atomic E-state index is 14.5. The SMILES string of the molecule is CN1CCCC(c2ccc(NC[C@@H](O)CNC(=O)Oc3ccc(Cl)s3)c(F)c2)C1=O. The van der Waals surface area contributed by atoms with Gasteiger partial charge in [0, 0.05) is 26.7 Å². The number of amides is 2. The molecule has 1 fully saturated rings. The number of nitrogens with zero attached hydrogens (tertiary/aromatic N) is 1. The topological polar surface area (TPSA) is 90.9 Å². The first-order chi connectivity index (χ1) is 14.3. The van der Waals surface area contributed by atoms with E-state index < -0.39 is 18.0 Å². The van der Waals surface area contributed by atoms with Gasteiger partial charge >= 0.3 is 6.09 Å². The fraction of sp³-hybridized carbons (Fsp3) is 0.400. The molecule has 0 aliphatic carbocycles. The molecular weight excluding hydrogens is 433 g/mol. The van der Waals surface area contributed by atoms with Crippen LogP contribution in [0, 0.1) is 5.82 Å². The highest BCUT2D eigenvalue weighted by atomic mass is 35.5. The van der Waals surface area contributed by atoms with Gasteiger partial charge in [0.05, 0.1) is 22.0 Å². The Morgan fingerprint density at radius 3 is 2.90 bits per heavy atom. The molecule has 3 N–H and O–H groups in total. The molecule has 1 aromatic carbocycles. The van der Waals surface area contributed by atoms with E-state index in [2.05, 4.69) is 10.6 Å². The molecule has 0 spiro atoms. The van der Waals surface area contributed by atoms with Crippen molar-refractivity contribution in [3.63, 3.8) is 0 Å². The molecule has 0 saturated carbocycles. The molecule has 2 atom stereocenters. The van der Waals surface area contributed by atoms with Crippen LogP contribution in [0.25, 0.3) is 0 Å². The first kappa shape index (κ1) is 22.3. The predicted molar refractivity (Wildman–Crippen MR) is 114 cm³/mol. The molecule has 162 valence electrons. The highest BCUT2D eigenvalue weighted by molar-refractivity contribution is 7.17. The monoisotopic (exact) mass is 455 g/mol. The average molecular weight is 456 g/mol. The van der Waals surface area contributed by atoms with Crippen LogP contribution in [-0.4, -0.2) is 54.8 Å². The maximum absolute atomic E-state index is 14.5.